The summed E-state index contributed by atoms with van der Waals surface area (Å²) in [6.45, 7) is 6.20. The number of anilines is 1. The molecule has 2 amide bonds. The van der Waals surface area contributed by atoms with Crippen LogP contribution in [-0.4, -0.2) is 79.2 Å². The van der Waals surface area contributed by atoms with E-state index >= 15 is 0 Å². The van der Waals surface area contributed by atoms with Crippen LogP contribution in [0.25, 0.3) is 0 Å². The smallest absolute Gasteiger partial charge is 0.338 e. The zero-order valence-corrected chi connectivity index (χ0v) is 27.1. The lowest BCUT2D eigenvalue weighted by molar-refractivity contribution is -0.142. The van der Waals surface area contributed by atoms with Crippen LogP contribution in [-0.2, 0) is 19.1 Å². The Morgan fingerprint density at radius 1 is 0.809 bits per heavy atom. The van der Waals surface area contributed by atoms with Crippen LogP contribution in [0.15, 0.2) is 72.8 Å². The molecule has 47 heavy (non-hydrogen) atoms. The SMILES string of the molecule is CCOC(=O)CC.COC(=O)c1cccc2c1C(=O)C(c1ccc(C(=O)N3CCN(C(=O)C4CC4)CC3)cc1)C(c1ccccc1)N2. The van der Waals surface area contributed by atoms with Crippen LogP contribution in [0, 0.1) is 5.92 Å². The summed E-state index contributed by atoms with van der Waals surface area (Å²) in [6.07, 6.45) is 2.43. The Morgan fingerprint density at radius 3 is 2.04 bits per heavy atom. The molecule has 2 unspecified atom stereocenters. The van der Waals surface area contributed by atoms with Gasteiger partial charge in [0.05, 0.1) is 36.8 Å². The molecule has 0 radical (unpaired) electrons. The molecule has 10 nitrogen and oxygen atoms in total. The van der Waals surface area contributed by atoms with Gasteiger partial charge in [-0.05, 0) is 55.2 Å². The minimum Gasteiger partial charge on any atom is -0.466 e. The number of Topliss-reactive ketones (excluding diaryl/α,β-unsaturated/α-hetero) is 1. The van der Waals surface area contributed by atoms with Crippen molar-refractivity contribution < 1.29 is 33.4 Å². The molecule has 2 aliphatic heterocycles. The Bertz CT molecular complexity index is 1610. The number of esters is 2. The molecule has 0 aromatic heterocycles. The maximum atomic E-state index is 14.1. The van der Waals surface area contributed by atoms with Crippen LogP contribution in [0.3, 0.4) is 0 Å². The van der Waals surface area contributed by atoms with Gasteiger partial charge in [0.15, 0.2) is 5.78 Å². The standard InChI is InChI=1S/C32H31N3O5.C5H10O2/c1-40-32(39)24-8-5-9-25-27(24)29(36)26(28(33-25)21-6-3-2-4-7-21)20-10-12-22(13-11-20)30(37)34-16-18-35(19-17-34)31(38)23-14-15-23;1-3-5(6)7-4-2/h2-13,23,26,28,33H,14-19H2,1H3;3-4H2,1-2H3. The lowest BCUT2D eigenvalue weighted by Crippen LogP contribution is -2.51. The molecule has 3 aliphatic rings. The number of carbonyl (C=O) groups excluding carboxylic acids is 5. The summed E-state index contributed by atoms with van der Waals surface area (Å²) in [5.41, 5.74) is 3.34. The van der Waals surface area contributed by atoms with Gasteiger partial charge in [-0.2, -0.15) is 0 Å². The third kappa shape index (κ3) is 7.53. The summed E-state index contributed by atoms with van der Waals surface area (Å²) >= 11 is 0. The topological polar surface area (TPSA) is 122 Å². The van der Waals surface area contributed by atoms with E-state index < -0.39 is 11.9 Å². The van der Waals surface area contributed by atoms with Crippen molar-refractivity contribution in [3.05, 3.63) is 101 Å². The second-order valence-electron chi connectivity index (χ2n) is 11.8. The molecule has 0 spiro atoms. The van der Waals surface area contributed by atoms with Gasteiger partial charge in [0.25, 0.3) is 5.91 Å². The molecule has 1 aliphatic carbocycles. The third-order valence-electron chi connectivity index (χ3n) is 8.72. The first-order valence-electron chi connectivity index (χ1n) is 16.2. The highest BCUT2D eigenvalue weighted by Crippen LogP contribution is 2.43. The highest BCUT2D eigenvalue weighted by atomic mass is 16.5. The van der Waals surface area contributed by atoms with Crippen molar-refractivity contribution in [3.8, 4) is 0 Å². The monoisotopic (exact) mass is 639 g/mol. The fourth-order valence-corrected chi connectivity index (χ4v) is 6.05. The minimum absolute atomic E-state index is 0.0869. The quantitative estimate of drug-likeness (QED) is 0.348. The van der Waals surface area contributed by atoms with Gasteiger partial charge in [-0.1, -0.05) is 55.5 Å². The largest absolute Gasteiger partial charge is 0.466 e. The van der Waals surface area contributed by atoms with Crippen LogP contribution >= 0.6 is 0 Å². The summed E-state index contributed by atoms with van der Waals surface area (Å²) in [6, 6.07) is 21.7. The van der Waals surface area contributed by atoms with Crippen LogP contribution in [0.5, 0.6) is 0 Å². The van der Waals surface area contributed by atoms with E-state index in [-0.39, 0.29) is 41.1 Å². The minimum atomic E-state index is -0.623. The zero-order valence-electron chi connectivity index (χ0n) is 27.1. The molecule has 0 bridgehead atoms. The highest BCUT2D eigenvalue weighted by molar-refractivity contribution is 6.14. The predicted molar refractivity (Wildman–Crippen MR) is 176 cm³/mol. The summed E-state index contributed by atoms with van der Waals surface area (Å²) in [4.78, 5) is 66.1. The number of methoxy groups -OCH3 is 1. The summed E-state index contributed by atoms with van der Waals surface area (Å²) in [5, 5.41) is 3.49. The molecule has 3 aromatic rings. The molecule has 2 heterocycles. The Hall–Kier alpha value is -4.99. The molecule has 10 heteroatoms. The normalized spacial score (nSPS) is 18.6. The van der Waals surface area contributed by atoms with Crippen molar-refractivity contribution in [1.29, 1.82) is 0 Å². The third-order valence-corrected chi connectivity index (χ3v) is 8.72. The van der Waals surface area contributed by atoms with E-state index in [4.69, 9.17) is 4.74 Å². The fourth-order valence-electron chi connectivity index (χ4n) is 6.05. The lowest BCUT2D eigenvalue weighted by atomic mass is 9.77. The number of nitrogens with zero attached hydrogens (tertiary/aromatic N) is 2. The van der Waals surface area contributed by atoms with Crippen molar-refractivity contribution >= 4 is 35.2 Å². The molecule has 1 saturated heterocycles. The van der Waals surface area contributed by atoms with Crippen molar-refractivity contribution in [2.24, 2.45) is 5.92 Å². The van der Waals surface area contributed by atoms with Crippen LogP contribution in [0.2, 0.25) is 0 Å². The maximum Gasteiger partial charge on any atom is 0.338 e. The zero-order chi connectivity index (χ0) is 33.5. The number of ketones is 1. The van der Waals surface area contributed by atoms with Gasteiger partial charge in [-0.3, -0.25) is 19.2 Å². The van der Waals surface area contributed by atoms with Gasteiger partial charge in [-0.15, -0.1) is 0 Å². The summed E-state index contributed by atoms with van der Waals surface area (Å²) in [7, 11) is 1.30. The first kappa shape index (κ1) is 33.4. The van der Waals surface area contributed by atoms with Gasteiger partial charge >= 0.3 is 11.9 Å². The van der Waals surface area contributed by atoms with Crippen LogP contribution in [0.1, 0.15) is 87.3 Å². The number of rotatable bonds is 7. The van der Waals surface area contributed by atoms with E-state index in [1.54, 1.807) is 49.1 Å². The first-order valence-corrected chi connectivity index (χ1v) is 16.2. The molecule has 6 rings (SSSR count). The van der Waals surface area contributed by atoms with Crippen LogP contribution in [0.4, 0.5) is 5.69 Å². The molecule has 2 fully saturated rings. The van der Waals surface area contributed by atoms with E-state index in [0.29, 0.717) is 56.0 Å². The molecule has 2 atom stereocenters. The van der Waals surface area contributed by atoms with E-state index in [0.717, 1.165) is 24.0 Å². The number of nitrogens with one attached hydrogen (secondary N) is 1. The van der Waals surface area contributed by atoms with Crippen molar-refractivity contribution in [2.45, 2.75) is 45.1 Å². The lowest BCUT2D eigenvalue weighted by Gasteiger charge is -2.35. The number of ether oxygens (including phenoxy) is 2. The summed E-state index contributed by atoms with van der Waals surface area (Å²) in [5.74, 6) is -1.18. The van der Waals surface area contributed by atoms with Crippen molar-refractivity contribution in [3.63, 3.8) is 0 Å². The van der Waals surface area contributed by atoms with E-state index in [1.165, 1.54) is 7.11 Å². The fraction of sp³-hybridized carbons (Fsp3) is 0.378. The Labute approximate surface area is 275 Å². The van der Waals surface area contributed by atoms with E-state index in [1.807, 2.05) is 47.4 Å². The number of amides is 2. The van der Waals surface area contributed by atoms with E-state index in [9.17, 15) is 24.0 Å². The molecule has 246 valence electrons. The van der Waals surface area contributed by atoms with Gasteiger partial charge in [-0.25, -0.2) is 4.79 Å². The van der Waals surface area contributed by atoms with Gasteiger partial charge < -0.3 is 24.6 Å². The maximum absolute atomic E-state index is 14.1. The van der Waals surface area contributed by atoms with Gasteiger partial charge in [0.2, 0.25) is 5.91 Å². The number of piperazine rings is 1. The van der Waals surface area contributed by atoms with Crippen molar-refractivity contribution in [1.82, 2.24) is 9.80 Å². The predicted octanol–water partition coefficient (Wildman–Crippen LogP) is 5.26. The number of carbonyl (C=O) groups is 5. The molecule has 1 saturated carbocycles. The number of hydrogen-bond acceptors (Lipinski definition) is 8. The van der Waals surface area contributed by atoms with Gasteiger partial charge in [0, 0.05) is 49.8 Å². The van der Waals surface area contributed by atoms with Gasteiger partial charge in [0.1, 0.15) is 0 Å². The second kappa shape index (κ2) is 15.1. The number of fused-ring (bicyclic) bond motifs is 1. The van der Waals surface area contributed by atoms with Crippen LogP contribution < -0.4 is 5.32 Å². The molecular formula is C37H41N3O7. The molecule has 1 N–H and O–H groups in total. The Kier molecular flexibility index (Phi) is 10.7. The first-order chi connectivity index (χ1) is 22.8. The average molecular weight is 640 g/mol. The molecule has 3 aromatic carbocycles. The second-order valence-corrected chi connectivity index (χ2v) is 11.8. The number of hydrogen-bond donors (Lipinski definition) is 1. The summed E-state index contributed by atoms with van der Waals surface area (Å²) < 4.78 is 9.51. The van der Waals surface area contributed by atoms with Crippen molar-refractivity contribution in [2.75, 3.05) is 45.2 Å². The molecular weight excluding hydrogens is 598 g/mol. The highest BCUT2D eigenvalue weighted by Gasteiger charge is 2.40. The number of benzene rings is 3. The Morgan fingerprint density at radius 2 is 1.47 bits per heavy atom. The van der Waals surface area contributed by atoms with E-state index in [2.05, 4.69) is 10.1 Å². The average Bonchev–Trinajstić information content (AvgIpc) is 3.97. The Balaban J connectivity index is 0.000000559.